The van der Waals surface area contributed by atoms with Gasteiger partial charge >= 0.3 is 0 Å². The van der Waals surface area contributed by atoms with Crippen LogP contribution in [0.2, 0.25) is 0 Å². The van der Waals surface area contributed by atoms with E-state index in [2.05, 4.69) is 76.2 Å². The Balaban J connectivity index is 1.95. The van der Waals surface area contributed by atoms with E-state index in [1.54, 1.807) is 0 Å². The quantitative estimate of drug-likeness (QED) is 0.371. The fourth-order valence-electron chi connectivity index (χ4n) is 3.92. The molecule has 0 N–H and O–H groups in total. The fourth-order valence-corrected chi connectivity index (χ4v) is 3.92. The lowest BCUT2D eigenvalue weighted by atomic mass is 9.81. The zero-order valence-electron chi connectivity index (χ0n) is 13.8. The maximum Gasteiger partial charge on any atom is -0.00105 e. The maximum atomic E-state index is 2.38. The summed E-state index contributed by atoms with van der Waals surface area (Å²) in [6, 6.07) is 18.1. The molecule has 0 unspecified atom stereocenters. The molecule has 1 aliphatic carbocycles. The number of hydrogen-bond donors (Lipinski definition) is 0. The third-order valence-electron chi connectivity index (χ3n) is 5.04. The lowest BCUT2D eigenvalue weighted by Crippen LogP contribution is -2.14. The van der Waals surface area contributed by atoms with E-state index in [1.165, 1.54) is 44.2 Å². The van der Waals surface area contributed by atoms with Crippen molar-refractivity contribution in [2.75, 3.05) is 0 Å². The smallest absolute Gasteiger partial charge is 0.00105 e. The summed E-state index contributed by atoms with van der Waals surface area (Å²) in [5.74, 6) is 0. The average molecular weight is 286 g/mol. The Kier molecular flexibility index (Phi) is 2.75. The first-order valence-electron chi connectivity index (χ1n) is 8.10. The minimum absolute atomic E-state index is 0.207. The summed E-state index contributed by atoms with van der Waals surface area (Å²) in [7, 11) is 0. The first kappa shape index (κ1) is 13.6. The summed E-state index contributed by atoms with van der Waals surface area (Å²) in [5, 5.41) is 2.69. The number of rotatable bonds is 0. The van der Waals surface area contributed by atoms with Crippen molar-refractivity contribution in [2.24, 2.45) is 0 Å². The van der Waals surface area contributed by atoms with Gasteiger partial charge in [-0.05, 0) is 69.0 Å². The van der Waals surface area contributed by atoms with Crippen LogP contribution in [0.25, 0.3) is 21.9 Å². The van der Waals surface area contributed by atoms with Crippen LogP contribution in [-0.2, 0) is 11.8 Å². The Labute approximate surface area is 132 Å². The van der Waals surface area contributed by atoms with Crippen LogP contribution in [0.1, 0.15) is 43.0 Å². The van der Waals surface area contributed by atoms with E-state index in [0.29, 0.717) is 0 Å². The highest BCUT2D eigenvalue weighted by Crippen LogP contribution is 2.42. The molecule has 0 spiro atoms. The molecule has 0 atom stereocenters. The minimum atomic E-state index is 0.207. The van der Waals surface area contributed by atoms with Gasteiger partial charge in [0.05, 0.1) is 0 Å². The second-order valence-electron chi connectivity index (χ2n) is 7.55. The summed E-state index contributed by atoms with van der Waals surface area (Å²) >= 11 is 0. The van der Waals surface area contributed by atoms with Crippen LogP contribution in [0.5, 0.6) is 0 Å². The predicted octanol–water partition coefficient (Wildman–Crippen LogP) is 6.02. The molecule has 1 aliphatic rings. The van der Waals surface area contributed by atoms with Crippen LogP contribution in [0.15, 0.2) is 48.5 Å². The first-order valence-corrected chi connectivity index (χ1v) is 8.10. The molecule has 22 heavy (non-hydrogen) atoms. The molecule has 0 amide bonds. The van der Waals surface area contributed by atoms with Gasteiger partial charge in [0.15, 0.2) is 0 Å². The monoisotopic (exact) mass is 286 g/mol. The molecule has 3 aromatic carbocycles. The molecule has 0 fully saturated rings. The summed E-state index contributed by atoms with van der Waals surface area (Å²) in [5.41, 5.74) is 9.02. The molecule has 110 valence electrons. The van der Waals surface area contributed by atoms with Crippen molar-refractivity contribution < 1.29 is 0 Å². The van der Waals surface area contributed by atoms with Crippen LogP contribution >= 0.6 is 0 Å². The second kappa shape index (κ2) is 4.46. The third-order valence-corrected chi connectivity index (χ3v) is 5.04. The molecule has 0 bridgehead atoms. The topological polar surface area (TPSA) is 0 Å². The van der Waals surface area contributed by atoms with Crippen molar-refractivity contribution in [1.82, 2.24) is 0 Å². The van der Waals surface area contributed by atoms with Gasteiger partial charge in [0.1, 0.15) is 0 Å². The molecule has 0 aromatic heterocycles. The van der Waals surface area contributed by atoms with Gasteiger partial charge in [-0.3, -0.25) is 0 Å². The molecular formula is C22H22. The molecule has 0 aliphatic heterocycles. The predicted molar refractivity (Wildman–Crippen MR) is 95.6 cm³/mol. The van der Waals surface area contributed by atoms with Gasteiger partial charge in [0, 0.05) is 0 Å². The Bertz CT molecular complexity index is 892. The van der Waals surface area contributed by atoms with Gasteiger partial charge in [-0.15, -0.1) is 0 Å². The Morgan fingerprint density at radius 2 is 1.50 bits per heavy atom. The Morgan fingerprint density at radius 1 is 0.818 bits per heavy atom. The molecule has 0 nitrogen and oxygen atoms in total. The molecule has 0 saturated carbocycles. The van der Waals surface area contributed by atoms with E-state index < -0.39 is 0 Å². The van der Waals surface area contributed by atoms with Gasteiger partial charge in [-0.25, -0.2) is 0 Å². The highest BCUT2D eigenvalue weighted by Gasteiger charge is 2.25. The standard InChI is InChI=1S/C22H22/c1-14-19-13-17-11-15-7-5-6-8-16(15)12-20(17)18(19)9-10-21(14)22(2,3)4/h5-12H,13H2,1-4H3. The van der Waals surface area contributed by atoms with Crippen LogP contribution < -0.4 is 0 Å². The van der Waals surface area contributed by atoms with Gasteiger partial charge in [-0.2, -0.15) is 0 Å². The molecule has 0 heteroatoms. The van der Waals surface area contributed by atoms with Crippen LogP contribution in [-0.4, -0.2) is 0 Å². The van der Waals surface area contributed by atoms with E-state index in [1.807, 2.05) is 0 Å². The lowest BCUT2D eigenvalue weighted by molar-refractivity contribution is 0.585. The van der Waals surface area contributed by atoms with Crippen molar-refractivity contribution in [3.8, 4) is 11.1 Å². The zero-order valence-corrected chi connectivity index (χ0v) is 13.8. The Hall–Kier alpha value is -2.08. The van der Waals surface area contributed by atoms with E-state index >= 15 is 0 Å². The van der Waals surface area contributed by atoms with Gasteiger partial charge in [0.25, 0.3) is 0 Å². The number of benzene rings is 3. The van der Waals surface area contributed by atoms with E-state index in [-0.39, 0.29) is 5.41 Å². The van der Waals surface area contributed by atoms with Gasteiger partial charge < -0.3 is 0 Å². The SMILES string of the molecule is Cc1c(C(C)(C)C)ccc2c1Cc1cc3ccccc3cc1-2. The minimum Gasteiger partial charge on any atom is -0.0616 e. The van der Waals surface area contributed by atoms with Crippen molar-refractivity contribution in [3.05, 3.63) is 70.8 Å². The third kappa shape index (κ3) is 1.90. The Morgan fingerprint density at radius 3 is 2.18 bits per heavy atom. The molecular weight excluding hydrogens is 264 g/mol. The molecule has 0 radical (unpaired) electrons. The zero-order chi connectivity index (χ0) is 15.5. The van der Waals surface area contributed by atoms with E-state index in [9.17, 15) is 0 Å². The molecule has 3 aromatic rings. The van der Waals surface area contributed by atoms with Crippen LogP contribution in [0.3, 0.4) is 0 Å². The van der Waals surface area contributed by atoms with E-state index in [0.717, 1.165) is 6.42 Å². The lowest BCUT2D eigenvalue weighted by Gasteiger charge is -2.23. The summed E-state index contributed by atoms with van der Waals surface area (Å²) < 4.78 is 0. The summed E-state index contributed by atoms with van der Waals surface area (Å²) in [6.45, 7) is 9.21. The van der Waals surface area contributed by atoms with Crippen LogP contribution in [0, 0.1) is 6.92 Å². The normalized spacial score (nSPS) is 13.3. The van der Waals surface area contributed by atoms with Crippen molar-refractivity contribution in [1.29, 1.82) is 0 Å². The first-order chi connectivity index (χ1) is 10.4. The molecule has 0 saturated heterocycles. The van der Waals surface area contributed by atoms with Crippen molar-refractivity contribution in [2.45, 2.75) is 39.5 Å². The molecule has 0 heterocycles. The van der Waals surface area contributed by atoms with E-state index in [4.69, 9.17) is 0 Å². The highest BCUT2D eigenvalue weighted by atomic mass is 14.3. The van der Waals surface area contributed by atoms with Gasteiger partial charge in [0.2, 0.25) is 0 Å². The summed E-state index contributed by atoms with van der Waals surface area (Å²) in [6.07, 6.45) is 1.07. The maximum absolute atomic E-state index is 2.38. The van der Waals surface area contributed by atoms with Crippen LogP contribution in [0.4, 0.5) is 0 Å². The largest absolute Gasteiger partial charge is 0.0616 e. The number of hydrogen-bond acceptors (Lipinski definition) is 0. The second-order valence-corrected chi connectivity index (χ2v) is 7.55. The van der Waals surface area contributed by atoms with Gasteiger partial charge in [-0.1, -0.05) is 63.2 Å². The number of fused-ring (bicyclic) bond motifs is 4. The summed E-state index contributed by atoms with van der Waals surface area (Å²) in [4.78, 5) is 0. The van der Waals surface area contributed by atoms with Crippen molar-refractivity contribution >= 4 is 10.8 Å². The average Bonchev–Trinajstić information content (AvgIpc) is 2.82. The molecule has 4 rings (SSSR count). The van der Waals surface area contributed by atoms with Crippen molar-refractivity contribution in [3.63, 3.8) is 0 Å². The fraction of sp³-hybridized carbons (Fsp3) is 0.273. The highest BCUT2D eigenvalue weighted by molar-refractivity contribution is 5.92.